The molecule has 6 heterocycles. The zero-order chi connectivity index (χ0) is 46.1. The van der Waals surface area contributed by atoms with E-state index in [0.29, 0.717) is 59.6 Å². The summed E-state index contributed by atoms with van der Waals surface area (Å²) in [6, 6.07) is 16.1. The van der Waals surface area contributed by atoms with E-state index < -0.39 is 62.2 Å². The van der Waals surface area contributed by atoms with Gasteiger partial charge in [-0.2, -0.15) is 26.3 Å². The predicted octanol–water partition coefficient (Wildman–Crippen LogP) is 13.0. The van der Waals surface area contributed by atoms with Gasteiger partial charge < -0.3 is 10.4 Å². The number of alkyl halides is 6. The average molecular weight is 943 g/mol. The fraction of sp³-hybridized carbons (Fsp3) is 0.378. The molecule has 0 bridgehead atoms. The second-order valence-electron chi connectivity index (χ2n) is 18.4. The Balaban J connectivity index is 1.14. The minimum absolute atomic E-state index is 0.0462. The SMILES string of the molecule is Cc1sc2cc(-c3ccc(C4=[N+]([O-])C(C)(C)C(C)(C)N4[O])s3)ccc2c1C1=C(c2c(C)sc3cc(-c4ccc(C5=[N+]([O-])C(C)(C)C(C)(C)N5[O])s4)ccc23)C(F)(F)C(F)(F)C1(F)F. The third kappa shape index (κ3) is 5.51. The van der Waals surface area contributed by atoms with Gasteiger partial charge in [0.25, 0.3) is 0 Å². The fourth-order valence-corrected chi connectivity index (χ4v) is 12.8. The van der Waals surface area contributed by atoms with Crippen molar-refractivity contribution in [2.45, 2.75) is 109 Å². The minimum Gasteiger partial charge on any atom is -0.714 e. The molecule has 0 atom stereocenters. The van der Waals surface area contributed by atoms with Gasteiger partial charge in [0.1, 0.15) is 20.8 Å². The first-order chi connectivity index (χ1) is 29.0. The highest BCUT2D eigenvalue weighted by atomic mass is 32.1. The lowest BCUT2D eigenvalue weighted by atomic mass is 9.84. The molecule has 63 heavy (non-hydrogen) atoms. The molecule has 0 amide bonds. The van der Waals surface area contributed by atoms with Crippen LogP contribution in [-0.2, 0) is 10.4 Å². The Morgan fingerprint density at radius 2 is 0.841 bits per heavy atom. The van der Waals surface area contributed by atoms with Crippen molar-refractivity contribution in [1.29, 1.82) is 0 Å². The number of hydrogen-bond acceptors (Lipinski definition) is 8. The molecule has 0 fully saturated rings. The summed E-state index contributed by atoms with van der Waals surface area (Å²) >= 11 is 4.36. The van der Waals surface area contributed by atoms with Crippen LogP contribution in [0, 0.1) is 24.3 Å². The Kier molecular flexibility index (Phi) is 9.25. The summed E-state index contributed by atoms with van der Waals surface area (Å²) in [5.41, 5.74) is -6.63. The number of benzene rings is 2. The maximum absolute atomic E-state index is 16.4. The lowest BCUT2D eigenvalue weighted by Crippen LogP contribution is -2.53. The monoisotopic (exact) mass is 942 g/mol. The third-order valence-electron chi connectivity index (χ3n) is 13.9. The highest BCUT2D eigenvalue weighted by Gasteiger charge is 2.80. The van der Waals surface area contributed by atoms with Gasteiger partial charge in [-0.1, -0.05) is 34.4 Å². The molecule has 6 aromatic rings. The van der Waals surface area contributed by atoms with Gasteiger partial charge in [0.15, 0.2) is 11.1 Å². The number of thiophene rings is 4. The Labute approximate surface area is 374 Å². The van der Waals surface area contributed by atoms with Crippen molar-refractivity contribution < 1.29 is 46.2 Å². The van der Waals surface area contributed by atoms with Crippen LogP contribution >= 0.6 is 45.3 Å². The largest absolute Gasteiger partial charge is 0.714 e. The van der Waals surface area contributed by atoms with Crippen LogP contribution in [0.15, 0.2) is 60.7 Å². The number of nitrogens with zero attached hydrogens (tertiary/aromatic N) is 4. The van der Waals surface area contributed by atoms with Gasteiger partial charge in [0.05, 0.1) is 0 Å². The van der Waals surface area contributed by atoms with Crippen LogP contribution in [0.1, 0.15) is 86.0 Å². The number of halogens is 6. The van der Waals surface area contributed by atoms with Crippen LogP contribution in [0.4, 0.5) is 26.3 Å². The van der Waals surface area contributed by atoms with Crippen LogP contribution in [0.3, 0.4) is 0 Å². The van der Waals surface area contributed by atoms with Crippen molar-refractivity contribution in [1.82, 2.24) is 10.1 Å². The third-order valence-corrected chi connectivity index (χ3v) is 18.3. The van der Waals surface area contributed by atoms with Gasteiger partial charge in [-0.05, 0) is 117 Å². The number of hydrogen-bond donors (Lipinski definition) is 0. The van der Waals surface area contributed by atoms with Crippen LogP contribution in [0.25, 0.3) is 52.2 Å². The molecule has 4 aromatic heterocycles. The fourth-order valence-electron chi connectivity index (χ4n) is 8.60. The van der Waals surface area contributed by atoms with Crippen molar-refractivity contribution in [3.63, 3.8) is 0 Å². The minimum atomic E-state index is -5.77. The summed E-state index contributed by atoms with van der Waals surface area (Å²) in [6.45, 7) is 16.3. The standard InChI is InChI=1S/C45H40F6N4O4S4/c1-21-33(25-13-11-23(19-31(25)60-21)27-15-17-29(62-27)37-52(56)39(3,4)40(5,6)53(37)57)35-36(44(48,49)45(50,51)43(35,46)47)34-22(2)61-32-20-24(12-14-26(32)34)28-16-18-30(63-28)38-54(58)41(7,8)42(9,10)55(38)59/h11-20H,1-10H3. The lowest BCUT2D eigenvalue weighted by molar-refractivity contribution is -0.539. The number of rotatable bonds is 6. The maximum Gasteiger partial charge on any atom is 0.380 e. The van der Waals surface area contributed by atoms with Crippen molar-refractivity contribution >= 4 is 88.3 Å². The lowest BCUT2D eigenvalue weighted by Gasteiger charge is -2.32. The molecule has 0 saturated heterocycles. The summed E-state index contributed by atoms with van der Waals surface area (Å²) in [4.78, 5) is 2.35. The molecular weight excluding hydrogens is 903 g/mol. The molecule has 0 spiro atoms. The maximum atomic E-state index is 16.4. The van der Waals surface area contributed by atoms with Crippen LogP contribution in [0.2, 0.25) is 0 Å². The van der Waals surface area contributed by atoms with E-state index in [0.717, 1.165) is 22.7 Å². The summed E-state index contributed by atoms with van der Waals surface area (Å²) in [5, 5.41) is 54.8. The van der Waals surface area contributed by atoms with Gasteiger partial charge in [-0.15, -0.1) is 45.3 Å². The topological polar surface area (TPSA) is 98.4 Å². The predicted molar refractivity (Wildman–Crippen MR) is 238 cm³/mol. The molecule has 9 rings (SSSR count). The molecule has 2 aliphatic heterocycles. The van der Waals surface area contributed by atoms with Gasteiger partial charge in [-0.3, -0.25) is 9.48 Å². The smallest absolute Gasteiger partial charge is 0.380 e. The molecule has 0 unspecified atom stereocenters. The van der Waals surface area contributed by atoms with Crippen molar-refractivity contribution in [3.05, 3.63) is 102 Å². The van der Waals surface area contributed by atoms with Crippen LogP contribution in [0.5, 0.6) is 0 Å². The van der Waals surface area contributed by atoms with E-state index in [1.54, 1.807) is 104 Å². The van der Waals surface area contributed by atoms with Gasteiger partial charge >= 0.3 is 29.4 Å². The first-order valence-corrected chi connectivity index (χ1v) is 23.1. The summed E-state index contributed by atoms with van der Waals surface area (Å²) in [7, 11) is 0. The molecule has 2 aromatic carbocycles. The van der Waals surface area contributed by atoms with E-state index in [1.165, 1.54) is 48.7 Å². The van der Waals surface area contributed by atoms with Crippen LogP contribution in [-0.4, -0.2) is 71.2 Å². The first-order valence-electron chi connectivity index (χ1n) is 19.8. The van der Waals surface area contributed by atoms with E-state index in [-0.39, 0.29) is 32.2 Å². The molecule has 3 aliphatic rings. The summed E-state index contributed by atoms with van der Waals surface area (Å²) < 4.78 is 99.1. The summed E-state index contributed by atoms with van der Waals surface area (Å²) in [6.07, 6.45) is 0. The molecule has 18 heteroatoms. The van der Waals surface area contributed by atoms with Gasteiger partial charge in [-0.25, -0.2) is 0 Å². The van der Waals surface area contributed by atoms with E-state index in [2.05, 4.69) is 0 Å². The first kappa shape index (κ1) is 43.8. The Morgan fingerprint density at radius 3 is 1.16 bits per heavy atom. The van der Waals surface area contributed by atoms with E-state index in [1.807, 2.05) is 0 Å². The second kappa shape index (κ2) is 13.3. The van der Waals surface area contributed by atoms with Crippen LogP contribution < -0.4 is 0 Å². The van der Waals surface area contributed by atoms with E-state index in [4.69, 9.17) is 0 Å². The zero-order valence-electron chi connectivity index (χ0n) is 35.6. The molecule has 0 N–H and O–H groups in total. The Bertz CT molecular complexity index is 2860. The molecule has 8 nitrogen and oxygen atoms in total. The molecule has 0 saturated carbocycles. The molecular formula is C45H40F6N4O4S4. The Hall–Kier alpha value is -4.46. The summed E-state index contributed by atoms with van der Waals surface area (Å²) in [5.74, 6) is -16.4. The number of hydroxylamine groups is 6. The number of aryl methyl sites for hydroxylation is 2. The van der Waals surface area contributed by atoms with E-state index >= 15 is 26.3 Å². The Morgan fingerprint density at radius 1 is 0.508 bits per heavy atom. The van der Waals surface area contributed by atoms with Crippen molar-refractivity contribution in [2.24, 2.45) is 0 Å². The zero-order valence-corrected chi connectivity index (χ0v) is 38.9. The molecule has 2 radical (unpaired) electrons. The molecule has 330 valence electrons. The van der Waals surface area contributed by atoms with Gasteiger partial charge in [0, 0.05) is 72.4 Å². The second-order valence-corrected chi connectivity index (χ2v) is 23.0. The highest BCUT2D eigenvalue weighted by molar-refractivity contribution is 7.20. The van der Waals surface area contributed by atoms with Crippen molar-refractivity contribution in [3.8, 4) is 20.9 Å². The quantitative estimate of drug-likeness (QED) is 0.0943. The van der Waals surface area contributed by atoms with Crippen molar-refractivity contribution in [2.75, 3.05) is 0 Å². The highest BCUT2D eigenvalue weighted by Crippen LogP contribution is 2.67. The normalized spacial score (nSPS) is 21.9. The van der Waals surface area contributed by atoms with Gasteiger partial charge in [0.2, 0.25) is 0 Å². The van der Waals surface area contributed by atoms with E-state index in [9.17, 15) is 20.8 Å². The number of fused-ring (bicyclic) bond motifs is 2. The molecule has 1 aliphatic carbocycles. The number of amidine groups is 2. The average Bonchev–Trinajstić information content (AvgIpc) is 4.04. The number of allylic oxidation sites excluding steroid dienone is 2.